The summed E-state index contributed by atoms with van der Waals surface area (Å²) in [4.78, 5) is 4.75. The minimum atomic E-state index is -0.123. The van der Waals surface area contributed by atoms with Crippen molar-refractivity contribution in [3.05, 3.63) is 49.6 Å². The molecule has 3 aliphatic rings. The molecule has 0 aromatic carbocycles. The summed E-state index contributed by atoms with van der Waals surface area (Å²) in [5, 5.41) is 3.66. The molecule has 5 nitrogen and oxygen atoms in total. The molecule has 0 radical (unpaired) electrons. The molecule has 1 aromatic rings. The van der Waals surface area contributed by atoms with Gasteiger partial charge in [0.2, 0.25) is 0 Å². The summed E-state index contributed by atoms with van der Waals surface area (Å²) < 4.78 is 21.1. The van der Waals surface area contributed by atoms with E-state index in [2.05, 4.69) is 27.6 Å². The van der Waals surface area contributed by atoms with Gasteiger partial charge in [0.15, 0.2) is 0 Å². The van der Waals surface area contributed by atoms with Gasteiger partial charge in [0.05, 0.1) is 0 Å². The Labute approximate surface area is 171 Å². The third-order valence-corrected chi connectivity index (χ3v) is 8.27. The molecule has 4 heterocycles. The number of pyridine rings is 1. The molecule has 1 spiro atoms. The molecule has 4 rings (SSSR count). The zero-order valence-electron chi connectivity index (χ0n) is 15.9. The van der Waals surface area contributed by atoms with Crippen LogP contribution in [-0.4, -0.2) is 50.6 Å². The number of hydrogen-bond donors (Lipinski definition) is 1. The van der Waals surface area contributed by atoms with Crippen LogP contribution in [-0.2, 0) is 19.6 Å². The van der Waals surface area contributed by atoms with Crippen LogP contribution in [0.15, 0.2) is 43.9 Å². The molecule has 6 heteroatoms. The molecule has 0 aliphatic carbocycles. The normalized spacial score (nSPS) is 30.7. The van der Waals surface area contributed by atoms with Gasteiger partial charge in [0, 0.05) is 0 Å². The summed E-state index contributed by atoms with van der Waals surface area (Å²) in [5.74, 6) is 1.06. The second-order valence-electron chi connectivity index (χ2n) is 7.56. The monoisotopic (exact) mass is 483 g/mol. The predicted molar refractivity (Wildman–Crippen MR) is 99.9 cm³/mol. The van der Waals surface area contributed by atoms with Crippen LogP contribution in [0, 0.1) is 0 Å². The number of aromatic nitrogens is 1. The quantitative estimate of drug-likeness (QED) is 0.428. The predicted octanol–water partition coefficient (Wildman–Crippen LogP) is -0.257. The van der Waals surface area contributed by atoms with E-state index in [0.29, 0.717) is 0 Å². The molecule has 0 bridgehead atoms. The van der Waals surface area contributed by atoms with E-state index in [0.717, 1.165) is 64.4 Å². The molecule has 1 aromatic heterocycles. The number of rotatable bonds is 7. The Hall–Kier alpha value is -0.960. The topological polar surface area (TPSA) is 52.6 Å². The van der Waals surface area contributed by atoms with Gasteiger partial charge in [-0.25, -0.2) is 0 Å². The number of allylic oxidation sites excluding steroid dienone is 1. The number of nitrogens with zero attached hydrogens (tertiary/aromatic N) is 1. The molecular weight excluding hydrogens is 455 g/mol. The number of methoxy groups -OCH3 is 1. The summed E-state index contributed by atoms with van der Waals surface area (Å²) >= 11 is -0.0113. The Morgan fingerprint density at radius 2 is 2.26 bits per heavy atom. The maximum absolute atomic E-state index is 6.22. The standard InChI is InChI=1S/C21H28IN2O3/c1-25-18-5-9-22-17(18)14-23-11-6-20(19-4-2-3-10-24-19)7-13-27-21(15-20)8-12-26-16-21/h2-5,9-10,23H,6-8,11-16H2,1H3/q-1/t20-,21-/m1/s1. The van der Waals surface area contributed by atoms with E-state index in [1.165, 1.54) is 9.27 Å². The Kier molecular flexibility index (Phi) is 6.16. The van der Waals surface area contributed by atoms with E-state index in [4.69, 9.17) is 19.2 Å². The molecule has 0 amide bonds. The van der Waals surface area contributed by atoms with Crippen LogP contribution in [0.1, 0.15) is 31.4 Å². The van der Waals surface area contributed by atoms with E-state index in [9.17, 15) is 0 Å². The zero-order chi connectivity index (χ0) is 18.6. The molecule has 3 aliphatic heterocycles. The van der Waals surface area contributed by atoms with Gasteiger partial charge in [0.1, 0.15) is 0 Å². The maximum atomic E-state index is 6.22. The summed E-state index contributed by atoms with van der Waals surface area (Å²) in [6.07, 6.45) is 8.11. The van der Waals surface area contributed by atoms with Gasteiger partial charge in [-0.15, -0.1) is 0 Å². The minimum absolute atomic E-state index is 0.0113. The van der Waals surface area contributed by atoms with Crippen molar-refractivity contribution in [1.29, 1.82) is 0 Å². The summed E-state index contributed by atoms with van der Waals surface area (Å²) in [7, 11) is 1.76. The summed E-state index contributed by atoms with van der Waals surface area (Å²) in [6, 6.07) is 6.29. The van der Waals surface area contributed by atoms with Crippen molar-refractivity contribution in [3.8, 4) is 0 Å². The molecule has 2 fully saturated rings. The average Bonchev–Trinajstić information content (AvgIpc) is 3.35. The van der Waals surface area contributed by atoms with Crippen molar-refractivity contribution in [2.75, 3.05) is 40.0 Å². The first-order chi connectivity index (χ1) is 13.3. The number of hydrogen-bond acceptors (Lipinski definition) is 5. The van der Waals surface area contributed by atoms with Crippen LogP contribution in [0.3, 0.4) is 0 Å². The van der Waals surface area contributed by atoms with Gasteiger partial charge in [0.25, 0.3) is 0 Å². The molecular formula is C21H28IN2O3-. The fourth-order valence-electron chi connectivity index (χ4n) is 4.44. The van der Waals surface area contributed by atoms with Crippen LogP contribution in [0.2, 0.25) is 0 Å². The van der Waals surface area contributed by atoms with Crippen molar-refractivity contribution in [2.24, 2.45) is 0 Å². The second-order valence-corrected chi connectivity index (χ2v) is 10.2. The molecule has 0 saturated carbocycles. The Balaban J connectivity index is 1.44. The SMILES string of the molecule is COC1=C(CNCC[C@@]2(c3ccccn3)CCO[C@]3(CCOC3)C2)[I-]C=C1. The van der Waals surface area contributed by atoms with Crippen molar-refractivity contribution in [2.45, 2.75) is 36.7 Å². The van der Waals surface area contributed by atoms with Gasteiger partial charge in [-0.2, -0.15) is 0 Å². The van der Waals surface area contributed by atoms with Gasteiger partial charge in [-0.1, -0.05) is 0 Å². The Morgan fingerprint density at radius 3 is 3.04 bits per heavy atom. The van der Waals surface area contributed by atoms with E-state index in [1.807, 2.05) is 12.3 Å². The van der Waals surface area contributed by atoms with Crippen LogP contribution < -0.4 is 26.5 Å². The number of halogens is 1. The van der Waals surface area contributed by atoms with Gasteiger partial charge in [-0.05, 0) is 0 Å². The first-order valence-corrected chi connectivity index (χ1v) is 12.0. The average molecular weight is 483 g/mol. The molecule has 2 saturated heterocycles. The van der Waals surface area contributed by atoms with Crippen molar-refractivity contribution >= 4 is 0 Å². The van der Waals surface area contributed by atoms with Crippen LogP contribution in [0.5, 0.6) is 0 Å². The third-order valence-electron chi connectivity index (χ3n) is 5.88. The van der Waals surface area contributed by atoms with E-state index in [-0.39, 0.29) is 32.2 Å². The fraction of sp³-hybridized carbons (Fsp3) is 0.571. The van der Waals surface area contributed by atoms with Crippen LogP contribution >= 0.6 is 0 Å². The number of ether oxygens (including phenoxy) is 3. The number of nitrogens with one attached hydrogen (secondary N) is 1. The fourth-order valence-corrected chi connectivity index (χ4v) is 6.57. The van der Waals surface area contributed by atoms with Crippen molar-refractivity contribution < 1.29 is 35.4 Å². The summed E-state index contributed by atoms with van der Waals surface area (Å²) in [5.41, 5.74) is 1.14. The van der Waals surface area contributed by atoms with Crippen molar-refractivity contribution in [1.82, 2.24) is 10.3 Å². The van der Waals surface area contributed by atoms with Crippen LogP contribution in [0.4, 0.5) is 0 Å². The first-order valence-electron chi connectivity index (χ1n) is 9.66. The second kappa shape index (κ2) is 8.59. The van der Waals surface area contributed by atoms with Gasteiger partial charge in [-0.3, -0.25) is 0 Å². The summed E-state index contributed by atoms with van der Waals surface area (Å²) in [6.45, 7) is 4.20. The molecule has 0 unspecified atom stereocenters. The zero-order valence-corrected chi connectivity index (χ0v) is 18.0. The first kappa shape index (κ1) is 19.4. The molecule has 27 heavy (non-hydrogen) atoms. The Bertz CT molecular complexity index is 701. The van der Waals surface area contributed by atoms with E-state index < -0.39 is 0 Å². The Morgan fingerprint density at radius 1 is 1.30 bits per heavy atom. The van der Waals surface area contributed by atoms with Gasteiger partial charge >= 0.3 is 172 Å². The van der Waals surface area contributed by atoms with Crippen LogP contribution in [0.25, 0.3) is 0 Å². The van der Waals surface area contributed by atoms with E-state index in [1.54, 1.807) is 7.11 Å². The third kappa shape index (κ3) is 4.23. The molecule has 148 valence electrons. The molecule has 2 atom stereocenters. The van der Waals surface area contributed by atoms with Crippen molar-refractivity contribution in [3.63, 3.8) is 0 Å². The van der Waals surface area contributed by atoms with Gasteiger partial charge < -0.3 is 0 Å². The molecule has 1 N–H and O–H groups in total. The van der Waals surface area contributed by atoms with E-state index >= 15 is 0 Å².